The van der Waals surface area contributed by atoms with Gasteiger partial charge in [0.05, 0.1) is 6.61 Å². The van der Waals surface area contributed by atoms with Gasteiger partial charge in [0.15, 0.2) is 0 Å². The van der Waals surface area contributed by atoms with E-state index in [1.165, 1.54) is 0 Å². The second kappa shape index (κ2) is 8.25. The zero-order valence-corrected chi connectivity index (χ0v) is 12.6. The average Bonchev–Trinajstić information content (AvgIpc) is 2.92. The van der Waals surface area contributed by atoms with E-state index in [4.69, 9.17) is 10.5 Å². The van der Waals surface area contributed by atoms with E-state index < -0.39 is 0 Å². The van der Waals surface area contributed by atoms with E-state index in [1.54, 1.807) is 4.90 Å². The van der Waals surface area contributed by atoms with Crippen LogP contribution in [-0.2, 0) is 9.53 Å². The van der Waals surface area contributed by atoms with Crippen LogP contribution < -0.4 is 5.73 Å². The van der Waals surface area contributed by atoms with Gasteiger partial charge in [-0.1, -0.05) is 30.3 Å². The maximum Gasteiger partial charge on any atom is 0.224 e. The Balaban J connectivity index is 0.00000200. The molecule has 1 aliphatic heterocycles. The van der Waals surface area contributed by atoms with E-state index in [2.05, 4.69) is 0 Å². The fourth-order valence-corrected chi connectivity index (χ4v) is 2.38. The number of nitrogens with zero attached hydrogens (tertiary/aromatic N) is 1. The van der Waals surface area contributed by atoms with E-state index >= 15 is 0 Å². The molecule has 1 heterocycles. The molecule has 5 heteroatoms. The molecule has 20 heavy (non-hydrogen) atoms. The van der Waals surface area contributed by atoms with Gasteiger partial charge in [-0.25, -0.2) is 0 Å². The molecule has 2 unspecified atom stereocenters. The molecule has 0 radical (unpaired) electrons. The minimum atomic E-state index is -0.226. The largest absolute Gasteiger partial charge is 0.381 e. The molecular weight excluding hydrogens is 276 g/mol. The maximum atomic E-state index is 12.1. The van der Waals surface area contributed by atoms with Gasteiger partial charge in [0.1, 0.15) is 0 Å². The second-order valence-electron chi connectivity index (χ2n) is 5.23. The first-order valence-electron chi connectivity index (χ1n) is 6.79. The Bertz CT molecular complexity index is 408. The minimum Gasteiger partial charge on any atom is -0.381 e. The predicted octanol–water partition coefficient (Wildman–Crippen LogP) is 1.99. The van der Waals surface area contributed by atoms with Crippen molar-refractivity contribution in [2.45, 2.75) is 18.9 Å². The third-order valence-corrected chi connectivity index (χ3v) is 3.60. The van der Waals surface area contributed by atoms with Crippen LogP contribution in [0.4, 0.5) is 0 Å². The highest BCUT2D eigenvalue weighted by molar-refractivity contribution is 5.85. The van der Waals surface area contributed by atoms with Gasteiger partial charge in [-0.05, 0) is 12.0 Å². The molecule has 1 aromatic carbocycles. The number of hydrogen-bond donors (Lipinski definition) is 1. The smallest absolute Gasteiger partial charge is 0.224 e. The van der Waals surface area contributed by atoms with Crippen molar-refractivity contribution >= 4 is 18.3 Å². The summed E-state index contributed by atoms with van der Waals surface area (Å²) in [5.41, 5.74) is 7.08. The lowest BCUT2D eigenvalue weighted by molar-refractivity contribution is -0.130. The van der Waals surface area contributed by atoms with Crippen LogP contribution in [0.1, 0.15) is 24.4 Å². The molecule has 0 aromatic heterocycles. The van der Waals surface area contributed by atoms with Crippen LogP contribution in [0.2, 0.25) is 0 Å². The number of ether oxygens (including phenoxy) is 1. The second-order valence-corrected chi connectivity index (χ2v) is 5.23. The van der Waals surface area contributed by atoms with Gasteiger partial charge in [-0.15, -0.1) is 12.4 Å². The lowest BCUT2D eigenvalue weighted by Gasteiger charge is -2.22. The van der Waals surface area contributed by atoms with Crippen molar-refractivity contribution in [3.8, 4) is 0 Å². The number of halogens is 1. The van der Waals surface area contributed by atoms with Crippen LogP contribution in [0.15, 0.2) is 30.3 Å². The number of nitrogens with two attached hydrogens (primary N) is 1. The highest BCUT2D eigenvalue weighted by Gasteiger charge is 2.21. The molecule has 0 bridgehead atoms. The number of carbonyl (C=O) groups excluding carboxylic acids is 1. The Hall–Kier alpha value is -1.10. The first-order chi connectivity index (χ1) is 9.16. The molecule has 0 aliphatic carbocycles. The summed E-state index contributed by atoms with van der Waals surface area (Å²) in [6.07, 6.45) is 1.40. The topological polar surface area (TPSA) is 55.6 Å². The van der Waals surface area contributed by atoms with Gasteiger partial charge in [-0.2, -0.15) is 0 Å². The molecule has 2 atom stereocenters. The Morgan fingerprint density at radius 1 is 1.45 bits per heavy atom. The van der Waals surface area contributed by atoms with Crippen molar-refractivity contribution in [3.63, 3.8) is 0 Å². The standard InChI is InChI=1S/C15H22N2O2.ClH/c1-17(10-12-7-8-19-11-12)15(18)9-14(16)13-5-3-2-4-6-13;/h2-6,12,14H,7-11,16H2,1H3;1H. The molecule has 1 fully saturated rings. The van der Waals surface area contributed by atoms with Gasteiger partial charge >= 0.3 is 0 Å². The number of rotatable bonds is 5. The van der Waals surface area contributed by atoms with Gasteiger partial charge < -0.3 is 15.4 Å². The maximum absolute atomic E-state index is 12.1. The molecule has 112 valence electrons. The Morgan fingerprint density at radius 3 is 2.75 bits per heavy atom. The first kappa shape index (κ1) is 17.0. The van der Waals surface area contributed by atoms with Crippen LogP contribution in [0.5, 0.6) is 0 Å². The van der Waals surface area contributed by atoms with Crippen LogP contribution in [0.3, 0.4) is 0 Å². The monoisotopic (exact) mass is 298 g/mol. The summed E-state index contributed by atoms with van der Waals surface area (Å²) in [5.74, 6) is 0.574. The molecule has 2 rings (SSSR count). The summed E-state index contributed by atoms with van der Waals surface area (Å²) in [7, 11) is 1.85. The summed E-state index contributed by atoms with van der Waals surface area (Å²) < 4.78 is 5.33. The molecule has 0 spiro atoms. The van der Waals surface area contributed by atoms with E-state index in [1.807, 2.05) is 37.4 Å². The number of carbonyl (C=O) groups is 1. The lowest BCUT2D eigenvalue weighted by atomic mass is 10.0. The van der Waals surface area contributed by atoms with Crippen LogP contribution >= 0.6 is 12.4 Å². The lowest BCUT2D eigenvalue weighted by Crippen LogP contribution is -2.34. The molecular formula is C15H23ClN2O2. The van der Waals surface area contributed by atoms with Gasteiger partial charge in [-0.3, -0.25) is 4.79 Å². The zero-order chi connectivity index (χ0) is 13.7. The third kappa shape index (κ3) is 4.78. The van der Waals surface area contributed by atoms with Crippen molar-refractivity contribution in [2.75, 3.05) is 26.8 Å². The highest BCUT2D eigenvalue weighted by atomic mass is 35.5. The summed E-state index contributed by atoms with van der Waals surface area (Å²) in [4.78, 5) is 13.9. The molecule has 2 N–H and O–H groups in total. The summed E-state index contributed by atoms with van der Waals surface area (Å²) in [6.45, 7) is 2.35. The van der Waals surface area contributed by atoms with Gasteiger partial charge in [0.2, 0.25) is 5.91 Å². The van der Waals surface area contributed by atoms with Gasteiger partial charge in [0, 0.05) is 38.6 Å². The molecule has 0 saturated carbocycles. The van der Waals surface area contributed by atoms with Crippen molar-refractivity contribution in [1.29, 1.82) is 0 Å². The Labute approximate surface area is 126 Å². The molecule has 1 aliphatic rings. The summed E-state index contributed by atoms with van der Waals surface area (Å²) in [6, 6.07) is 9.53. The van der Waals surface area contributed by atoms with Crippen molar-refractivity contribution in [3.05, 3.63) is 35.9 Å². The third-order valence-electron chi connectivity index (χ3n) is 3.60. The Morgan fingerprint density at radius 2 is 2.15 bits per heavy atom. The zero-order valence-electron chi connectivity index (χ0n) is 11.8. The summed E-state index contributed by atoms with van der Waals surface area (Å²) >= 11 is 0. The van der Waals surface area contributed by atoms with Crippen molar-refractivity contribution in [1.82, 2.24) is 4.90 Å². The van der Waals surface area contributed by atoms with E-state index in [0.29, 0.717) is 12.3 Å². The summed E-state index contributed by atoms with van der Waals surface area (Å²) in [5, 5.41) is 0. The van der Waals surface area contributed by atoms with E-state index in [-0.39, 0.29) is 24.4 Å². The van der Waals surface area contributed by atoms with Crippen LogP contribution in [-0.4, -0.2) is 37.6 Å². The average molecular weight is 299 g/mol. The fourth-order valence-electron chi connectivity index (χ4n) is 2.38. The fraction of sp³-hybridized carbons (Fsp3) is 0.533. The van der Waals surface area contributed by atoms with Crippen LogP contribution in [0, 0.1) is 5.92 Å². The molecule has 4 nitrogen and oxygen atoms in total. The molecule has 1 aromatic rings. The van der Waals surface area contributed by atoms with Crippen molar-refractivity contribution in [2.24, 2.45) is 11.7 Å². The van der Waals surface area contributed by atoms with E-state index in [9.17, 15) is 4.79 Å². The molecule has 1 saturated heterocycles. The first-order valence-corrected chi connectivity index (χ1v) is 6.79. The number of amides is 1. The van der Waals surface area contributed by atoms with Gasteiger partial charge in [0.25, 0.3) is 0 Å². The highest BCUT2D eigenvalue weighted by Crippen LogP contribution is 2.17. The quantitative estimate of drug-likeness (QED) is 0.904. The minimum absolute atomic E-state index is 0. The van der Waals surface area contributed by atoms with E-state index in [0.717, 1.165) is 31.7 Å². The van der Waals surface area contributed by atoms with Crippen molar-refractivity contribution < 1.29 is 9.53 Å². The normalized spacial score (nSPS) is 19.2. The number of hydrogen-bond acceptors (Lipinski definition) is 3. The predicted molar refractivity (Wildman–Crippen MR) is 81.8 cm³/mol. The Kier molecular flexibility index (Phi) is 6.99. The molecule has 1 amide bonds. The number of benzene rings is 1. The van der Waals surface area contributed by atoms with Crippen LogP contribution in [0.25, 0.3) is 0 Å². The SMILES string of the molecule is CN(CC1CCOC1)C(=O)CC(N)c1ccccc1.Cl.